The molecule has 0 aromatic rings. The molecule has 1 unspecified atom stereocenters. The van der Waals surface area contributed by atoms with Crippen molar-refractivity contribution in [2.45, 2.75) is 19.1 Å². The summed E-state index contributed by atoms with van der Waals surface area (Å²) < 4.78 is 11.4. The molecule has 2 saturated heterocycles. The molecule has 19 heavy (non-hydrogen) atoms. The van der Waals surface area contributed by atoms with Crippen LogP contribution < -0.4 is 5.32 Å². The van der Waals surface area contributed by atoms with Crippen molar-refractivity contribution in [3.05, 3.63) is 0 Å². The lowest BCUT2D eigenvalue weighted by atomic mass is 10.2. The molecule has 0 radical (unpaired) electrons. The zero-order chi connectivity index (χ0) is 13.7. The lowest BCUT2D eigenvalue weighted by Gasteiger charge is -2.22. The van der Waals surface area contributed by atoms with Gasteiger partial charge in [0.25, 0.3) is 0 Å². The van der Waals surface area contributed by atoms with Gasteiger partial charge in [-0.15, -0.1) is 0 Å². The Bertz CT molecular complexity index is 308. The van der Waals surface area contributed by atoms with E-state index in [9.17, 15) is 4.79 Å². The summed E-state index contributed by atoms with van der Waals surface area (Å²) in [5, 5.41) is 3.00. The van der Waals surface area contributed by atoms with Gasteiger partial charge in [-0.25, -0.2) is 0 Å². The lowest BCUT2D eigenvalue weighted by Crippen LogP contribution is -2.39. The SMILES string of the molecule is CSCC(C)C(=O)NCCN1CCC2(C1)OCCO2. The lowest BCUT2D eigenvalue weighted by molar-refractivity contribution is -0.145. The number of nitrogens with zero attached hydrogens (tertiary/aromatic N) is 1. The number of hydrogen-bond acceptors (Lipinski definition) is 5. The summed E-state index contributed by atoms with van der Waals surface area (Å²) in [6.07, 6.45) is 2.96. The summed E-state index contributed by atoms with van der Waals surface area (Å²) in [5.74, 6) is 0.759. The van der Waals surface area contributed by atoms with Crippen LogP contribution in [0.4, 0.5) is 0 Å². The van der Waals surface area contributed by atoms with E-state index in [1.165, 1.54) is 0 Å². The second-order valence-corrected chi connectivity index (χ2v) is 6.19. The summed E-state index contributed by atoms with van der Waals surface area (Å²) in [6, 6.07) is 0. The maximum Gasteiger partial charge on any atom is 0.223 e. The van der Waals surface area contributed by atoms with E-state index in [1.807, 2.05) is 13.2 Å². The number of ether oxygens (including phenoxy) is 2. The van der Waals surface area contributed by atoms with Crippen LogP contribution in [-0.4, -0.2) is 68.0 Å². The maximum atomic E-state index is 11.8. The third kappa shape index (κ3) is 4.08. The summed E-state index contributed by atoms with van der Waals surface area (Å²) in [7, 11) is 0. The van der Waals surface area contributed by atoms with Crippen LogP contribution in [0.25, 0.3) is 0 Å². The van der Waals surface area contributed by atoms with Crippen LogP contribution >= 0.6 is 11.8 Å². The van der Waals surface area contributed by atoms with Crippen molar-refractivity contribution in [2.75, 3.05) is 51.4 Å². The van der Waals surface area contributed by atoms with E-state index in [2.05, 4.69) is 10.2 Å². The average Bonchev–Trinajstić information content (AvgIpc) is 3.01. The van der Waals surface area contributed by atoms with Crippen molar-refractivity contribution < 1.29 is 14.3 Å². The van der Waals surface area contributed by atoms with Crippen molar-refractivity contribution in [2.24, 2.45) is 5.92 Å². The van der Waals surface area contributed by atoms with E-state index >= 15 is 0 Å². The van der Waals surface area contributed by atoms with Crippen molar-refractivity contribution in [3.8, 4) is 0 Å². The predicted molar refractivity (Wildman–Crippen MR) is 76.2 cm³/mol. The molecule has 1 amide bonds. The van der Waals surface area contributed by atoms with E-state index in [4.69, 9.17) is 9.47 Å². The van der Waals surface area contributed by atoms with E-state index in [-0.39, 0.29) is 17.6 Å². The van der Waals surface area contributed by atoms with Gasteiger partial charge >= 0.3 is 0 Å². The highest BCUT2D eigenvalue weighted by molar-refractivity contribution is 7.98. The highest BCUT2D eigenvalue weighted by Crippen LogP contribution is 2.29. The topological polar surface area (TPSA) is 50.8 Å². The number of thioether (sulfide) groups is 1. The Hall–Kier alpha value is -0.300. The number of rotatable bonds is 6. The highest BCUT2D eigenvalue weighted by Gasteiger charge is 2.42. The van der Waals surface area contributed by atoms with Gasteiger partial charge in [-0.05, 0) is 6.26 Å². The van der Waals surface area contributed by atoms with E-state index in [0.29, 0.717) is 19.8 Å². The van der Waals surface area contributed by atoms with Crippen LogP contribution in [-0.2, 0) is 14.3 Å². The molecule has 0 aliphatic carbocycles. The summed E-state index contributed by atoms with van der Waals surface area (Å²) >= 11 is 1.71. The van der Waals surface area contributed by atoms with Crippen LogP contribution in [0.2, 0.25) is 0 Å². The largest absolute Gasteiger partial charge is 0.355 e. The van der Waals surface area contributed by atoms with Crippen molar-refractivity contribution in [3.63, 3.8) is 0 Å². The fraction of sp³-hybridized carbons (Fsp3) is 0.923. The molecule has 0 bridgehead atoms. The molecule has 2 aliphatic heterocycles. The number of amides is 1. The number of carbonyl (C=O) groups is 1. The van der Waals surface area contributed by atoms with Crippen molar-refractivity contribution >= 4 is 17.7 Å². The standard InChI is InChI=1S/C13H24N2O3S/c1-11(9-19-2)12(16)14-4-6-15-5-3-13(10-15)17-7-8-18-13/h11H,3-10H2,1-2H3,(H,14,16). The van der Waals surface area contributed by atoms with Gasteiger partial charge in [-0.3, -0.25) is 9.69 Å². The molecule has 0 aromatic carbocycles. The second-order valence-electron chi connectivity index (χ2n) is 5.28. The molecule has 1 spiro atoms. The minimum absolute atomic E-state index is 0.0846. The summed E-state index contributed by atoms with van der Waals surface area (Å²) in [5.41, 5.74) is 0. The Morgan fingerprint density at radius 1 is 1.47 bits per heavy atom. The molecule has 2 rings (SSSR count). The zero-order valence-electron chi connectivity index (χ0n) is 11.8. The Balaban J connectivity index is 1.63. The van der Waals surface area contributed by atoms with Crippen LogP contribution in [0.15, 0.2) is 0 Å². The summed E-state index contributed by atoms with van der Waals surface area (Å²) in [4.78, 5) is 14.1. The predicted octanol–water partition coefficient (Wildman–Crippen LogP) is 0.551. The second kappa shape index (κ2) is 6.92. The number of likely N-dealkylation sites (tertiary alicyclic amines) is 1. The molecular formula is C13H24N2O3S. The van der Waals surface area contributed by atoms with Crippen LogP contribution in [0.5, 0.6) is 0 Å². The van der Waals surface area contributed by atoms with Gasteiger partial charge in [0.2, 0.25) is 5.91 Å². The fourth-order valence-corrected chi connectivity index (χ4v) is 3.24. The van der Waals surface area contributed by atoms with E-state index in [1.54, 1.807) is 11.8 Å². The molecule has 5 nitrogen and oxygen atoms in total. The Morgan fingerprint density at radius 3 is 2.89 bits per heavy atom. The van der Waals surface area contributed by atoms with Gasteiger partial charge in [-0.2, -0.15) is 11.8 Å². The molecule has 2 heterocycles. The number of nitrogens with one attached hydrogen (secondary N) is 1. The average molecular weight is 288 g/mol. The van der Waals surface area contributed by atoms with E-state index in [0.717, 1.165) is 31.8 Å². The van der Waals surface area contributed by atoms with Gasteiger partial charge in [0.05, 0.1) is 19.8 Å². The molecule has 6 heteroatoms. The summed E-state index contributed by atoms with van der Waals surface area (Å²) in [6.45, 7) is 6.75. The molecule has 2 fully saturated rings. The van der Waals surface area contributed by atoms with Crippen LogP contribution in [0.3, 0.4) is 0 Å². The van der Waals surface area contributed by atoms with Gasteiger partial charge < -0.3 is 14.8 Å². The third-order valence-corrected chi connectivity index (χ3v) is 4.51. The number of carbonyl (C=O) groups excluding carboxylic acids is 1. The first-order valence-electron chi connectivity index (χ1n) is 6.92. The van der Waals surface area contributed by atoms with Gasteiger partial charge in [0, 0.05) is 37.7 Å². The minimum Gasteiger partial charge on any atom is -0.355 e. The Morgan fingerprint density at radius 2 is 2.21 bits per heavy atom. The first-order valence-corrected chi connectivity index (χ1v) is 8.31. The normalized spacial score (nSPS) is 23.9. The molecular weight excluding hydrogens is 264 g/mol. The van der Waals surface area contributed by atoms with Crippen LogP contribution in [0, 0.1) is 5.92 Å². The Labute approximate surface area is 119 Å². The quantitative estimate of drug-likeness (QED) is 0.773. The first kappa shape index (κ1) is 15.1. The van der Waals surface area contributed by atoms with Crippen LogP contribution in [0.1, 0.15) is 13.3 Å². The third-order valence-electron chi connectivity index (χ3n) is 3.68. The zero-order valence-corrected chi connectivity index (χ0v) is 12.6. The molecule has 0 aromatic heterocycles. The van der Waals surface area contributed by atoms with Gasteiger partial charge in [0.1, 0.15) is 0 Å². The molecule has 0 saturated carbocycles. The highest BCUT2D eigenvalue weighted by atomic mass is 32.2. The smallest absolute Gasteiger partial charge is 0.223 e. The maximum absolute atomic E-state index is 11.8. The van der Waals surface area contributed by atoms with Crippen molar-refractivity contribution in [1.29, 1.82) is 0 Å². The molecule has 1 N–H and O–H groups in total. The fourth-order valence-electron chi connectivity index (χ4n) is 2.59. The molecule has 1 atom stereocenters. The first-order chi connectivity index (χ1) is 9.15. The minimum atomic E-state index is -0.351. The molecule has 2 aliphatic rings. The monoisotopic (exact) mass is 288 g/mol. The Kier molecular flexibility index (Phi) is 5.50. The van der Waals surface area contributed by atoms with Gasteiger partial charge in [-0.1, -0.05) is 6.92 Å². The van der Waals surface area contributed by atoms with Gasteiger partial charge in [0.15, 0.2) is 5.79 Å². The number of hydrogen-bond donors (Lipinski definition) is 1. The molecule has 110 valence electrons. The van der Waals surface area contributed by atoms with Crippen molar-refractivity contribution in [1.82, 2.24) is 10.2 Å². The van der Waals surface area contributed by atoms with E-state index < -0.39 is 0 Å².